The number of fused-ring (bicyclic) bond motifs is 1. The topological polar surface area (TPSA) is 80.0 Å². The van der Waals surface area contributed by atoms with Gasteiger partial charge in [0.05, 0.1) is 5.52 Å². The van der Waals surface area contributed by atoms with Gasteiger partial charge in [-0.2, -0.15) is 0 Å². The molecule has 3 aromatic rings. The predicted molar refractivity (Wildman–Crippen MR) is 89.5 cm³/mol. The summed E-state index contributed by atoms with van der Waals surface area (Å²) < 4.78 is 1.74. The largest absolute Gasteiger partial charge is 0.396 e. The van der Waals surface area contributed by atoms with Gasteiger partial charge >= 0.3 is 5.69 Å². The van der Waals surface area contributed by atoms with Crippen molar-refractivity contribution in [2.45, 2.75) is 0 Å². The highest BCUT2D eigenvalue weighted by molar-refractivity contribution is 9.10. The molecule has 1 heterocycles. The van der Waals surface area contributed by atoms with Crippen LogP contribution in [0, 0.1) is 5.39 Å². The summed E-state index contributed by atoms with van der Waals surface area (Å²) in [5.74, 6) is 0.789. The monoisotopic (exact) mass is 404 g/mol. The van der Waals surface area contributed by atoms with E-state index in [-0.39, 0.29) is 0 Å². The Morgan fingerprint density at radius 2 is 1.71 bits per heavy atom. The lowest BCUT2D eigenvalue weighted by Gasteiger charge is -2.05. The van der Waals surface area contributed by atoms with Gasteiger partial charge in [-0.1, -0.05) is 31.9 Å². The molecule has 0 radical (unpaired) electrons. The molecule has 21 heavy (non-hydrogen) atoms. The van der Waals surface area contributed by atoms with Crippen LogP contribution in [0.3, 0.4) is 0 Å². The fourth-order valence-electron chi connectivity index (χ4n) is 2.02. The molecule has 0 bridgehead atoms. The molecule has 0 spiro atoms. The van der Waals surface area contributed by atoms with Gasteiger partial charge in [0, 0.05) is 20.4 Å². The van der Waals surface area contributed by atoms with E-state index in [1.807, 2.05) is 18.2 Å². The van der Waals surface area contributed by atoms with Gasteiger partial charge in [-0.05, 0) is 30.3 Å². The first-order valence-corrected chi connectivity index (χ1v) is 7.55. The number of diazo groups is 1. The Labute approximate surface area is 137 Å². The number of nitrogens with two attached hydrogens (primary N) is 1. The Morgan fingerprint density at radius 1 is 1.00 bits per heavy atom. The van der Waals surface area contributed by atoms with Crippen LogP contribution in [0.1, 0.15) is 0 Å². The van der Waals surface area contributed by atoms with E-state index >= 15 is 0 Å². The normalized spacial score (nSPS) is 10.5. The van der Waals surface area contributed by atoms with Crippen molar-refractivity contribution in [2.75, 3.05) is 5.73 Å². The molecule has 0 aliphatic carbocycles. The summed E-state index contributed by atoms with van der Waals surface area (Å²) in [6.45, 7) is 0. The third-order valence-corrected chi connectivity index (χ3v) is 3.98. The number of benzene rings is 2. The lowest BCUT2D eigenvalue weighted by atomic mass is 10.1. The third kappa shape index (κ3) is 2.60. The summed E-state index contributed by atoms with van der Waals surface area (Å²) in [4.78, 5) is 12.1. The lowest BCUT2D eigenvalue weighted by molar-refractivity contribution is 1.23. The summed E-state index contributed by atoms with van der Waals surface area (Å²) in [6.07, 6.45) is 0. The molecule has 7 heteroatoms. The zero-order valence-corrected chi connectivity index (χ0v) is 13.8. The Bertz CT molecular complexity index is 902. The van der Waals surface area contributed by atoms with Crippen LogP contribution in [0.15, 0.2) is 45.3 Å². The molecule has 0 unspecified atom stereocenters. The van der Waals surface area contributed by atoms with Crippen molar-refractivity contribution in [3.63, 3.8) is 0 Å². The summed E-state index contributed by atoms with van der Waals surface area (Å²) in [5, 5.41) is 9.88. The average molecular weight is 406 g/mol. The van der Waals surface area contributed by atoms with Gasteiger partial charge in [0.1, 0.15) is 11.4 Å². The van der Waals surface area contributed by atoms with E-state index in [9.17, 15) is 0 Å². The van der Waals surface area contributed by atoms with Crippen LogP contribution in [-0.2, 0) is 0 Å². The summed E-state index contributed by atoms with van der Waals surface area (Å²) in [7, 11) is 0. The van der Waals surface area contributed by atoms with E-state index in [1.54, 1.807) is 18.2 Å². The molecule has 0 amide bonds. The Morgan fingerprint density at radius 3 is 2.48 bits per heavy atom. The maximum absolute atomic E-state index is 9.11. The predicted octanol–water partition coefficient (Wildman–Crippen LogP) is 4.89. The zero-order valence-electron chi connectivity index (χ0n) is 10.6. The third-order valence-electron chi connectivity index (χ3n) is 2.99. The smallest absolute Gasteiger partial charge is 0.383 e. The van der Waals surface area contributed by atoms with Crippen molar-refractivity contribution < 1.29 is 0 Å². The molecule has 0 atom stereocenters. The molecule has 5 nitrogen and oxygen atoms in total. The Kier molecular flexibility index (Phi) is 3.57. The van der Waals surface area contributed by atoms with Crippen molar-refractivity contribution in [1.29, 1.82) is 5.39 Å². The van der Waals surface area contributed by atoms with Crippen molar-refractivity contribution in [3.8, 4) is 11.4 Å². The first kappa shape index (κ1) is 13.9. The Balaban J connectivity index is 2.29. The van der Waals surface area contributed by atoms with E-state index in [0.29, 0.717) is 22.9 Å². The lowest BCUT2D eigenvalue weighted by Crippen LogP contribution is -1.98. The molecule has 102 valence electrons. The summed E-state index contributed by atoms with van der Waals surface area (Å²) >= 11 is 6.78. The number of hydrogen-bond donors (Lipinski definition) is 1. The first-order chi connectivity index (χ1) is 10.1. The van der Waals surface area contributed by atoms with Crippen LogP contribution < -0.4 is 5.73 Å². The van der Waals surface area contributed by atoms with Gasteiger partial charge in [0.2, 0.25) is 5.39 Å². The van der Waals surface area contributed by atoms with Gasteiger partial charge in [0.25, 0.3) is 0 Å². The maximum atomic E-state index is 9.11. The maximum Gasteiger partial charge on any atom is 0.396 e. The molecule has 0 aliphatic rings. The molecule has 2 N–H and O–H groups in total. The fourth-order valence-corrected chi connectivity index (χ4v) is 2.74. The number of halogens is 2. The number of anilines is 1. The van der Waals surface area contributed by atoms with Gasteiger partial charge in [-0.3, -0.25) is 0 Å². The average Bonchev–Trinajstić information content (AvgIpc) is 2.47. The number of aromatic nitrogens is 2. The highest BCUT2D eigenvalue weighted by Crippen LogP contribution is 2.33. The first-order valence-electron chi connectivity index (χ1n) is 5.96. The quantitative estimate of drug-likeness (QED) is 0.584. The van der Waals surface area contributed by atoms with Crippen LogP contribution in [0.25, 0.3) is 27.3 Å². The van der Waals surface area contributed by atoms with Crippen LogP contribution >= 0.6 is 31.9 Å². The molecule has 2 aromatic carbocycles. The number of nitrogens with zero attached hydrogens (tertiary/aromatic N) is 4. The second-order valence-corrected chi connectivity index (χ2v) is 6.19. The van der Waals surface area contributed by atoms with Crippen molar-refractivity contribution in [1.82, 2.24) is 9.97 Å². The molecule has 0 saturated heterocycles. The zero-order chi connectivity index (χ0) is 15.0. The van der Waals surface area contributed by atoms with Crippen LogP contribution in [0.5, 0.6) is 0 Å². The molecular weight excluding hydrogens is 398 g/mol. The minimum absolute atomic E-state index is 0.375. The van der Waals surface area contributed by atoms with E-state index in [4.69, 9.17) is 11.1 Å². The number of nitrogen functional groups attached to an aromatic ring is 1. The molecule has 0 saturated carbocycles. The summed E-state index contributed by atoms with van der Waals surface area (Å²) in [6, 6.07) is 10.8. The second-order valence-electron chi connectivity index (χ2n) is 4.36. The number of hydrogen-bond acceptors (Lipinski definition) is 4. The van der Waals surface area contributed by atoms with E-state index in [1.165, 1.54) is 0 Å². The molecular formula is C14H8Br2N5+. The fraction of sp³-hybridized carbons (Fsp3) is 0. The van der Waals surface area contributed by atoms with Gasteiger partial charge in [-0.25, -0.2) is 9.97 Å². The summed E-state index contributed by atoms with van der Waals surface area (Å²) in [5.41, 5.74) is 7.73. The van der Waals surface area contributed by atoms with Gasteiger partial charge < -0.3 is 5.73 Å². The van der Waals surface area contributed by atoms with Crippen molar-refractivity contribution >= 4 is 54.3 Å². The minimum Gasteiger partial charge on any atom is -0.383 e. The second kappa shape index (κ2) is 5.39. The molecule has 0 aliphatic heterocycles. The van der Waals surface area contributed by atoms with Crippen molar-refractivity contribution in [2.24, 2.45) is 0 Å². The van der Waals surface area contributed by atoms with Crippen LogP contribution in [0.4, 0.5) is 11.5 Å². The SMILES string of the molecule is N#[N+]c1ccc(Br)cc1-c1nc(N)c2cc(Br)ccc2n1. The van der Waals surface area contributed by atoms with Crippen LogP contribution in [0.2, 0.25) is 0 Å². The number of rotatable bonds is 1. The van der Waals surface area contributed by atoms with Gasteiger partial charge in [0.15, 0.2) is 10.8 Å². The molecule has 3 rings (SSSR count). The molecule has 1 aromatic heterocycles. The minimum atomic E-state index is 0.375. The van der Waals surface area contributed by atoms with Gasteiger partial charge in [-0.15, -0.1) is 0 Å². The van der Waals surface area contributed by atoms with Crippen molar-refractivity contribution in [3.05, 3.63) is 50.3 Å². The highest BCUT2D eigenvalue weighted by atomic mass is 79.9. The highest BCUT2D eigenvalue weighted by Gasteiger charge is 2.19. The molecule has 0 fully saturated rings. The van der Waals surface area contributed by atoms with E-state index in [0.717, 1.165) is 19.8 Å². The van der Waals surface area contributed by atoms with E-state index in [2.05, 4.69) is 46.8 Å². The van der Waals surface area contributed by atoms with Crippen LogP contribution in [-0.4, -0.2) is 9.97 Å². The standard InChI is InChI=1S/C14H8Br2N5/c15-7-1-3-11-9(5-7)13(17)20-14(19-11)10-6-8(16)2-4-12(10)21-18/h1-6H,(H2,17,19,20)/q+1. The Hall–Kier alpha value is -2.04. The van der Waals surface area contributed by atoms with E-state index < -0.39 is 0 Å².